The topological polar surface area (TPSA) is 79.9 Å². The fourth-order valence-electron chi connectivity index (χ4n) is 2.02. The SMILES string of the molecule is Cc1ccc(N=Cc2c(O)nc3cc(C)ccn3c2=O)nc1. The van der Waals surface area contributed by atoms with Gasteiger partial charge in [0.2, 0.25) is 5.88 Å². The van der Waals surface area contributed by atoms with E-state index in [0.29, 0.717) is 11.5 Å². The second-order valence-electron chi connectivity index (χ2n) is 5.04. The van der Waals surface area contributed by atoms with Crippen molar-refractivity contribution in [3.8, 4) is 5.88 Å². The van der Waals surface area contributed by atoms with Crippen LogP contribution in [0.5, 0.6) is 5.88 Å². The van der Waals surface area contributed by atoms with Crippen LogP contribution in [0.1, 0.15) is 16.7 Å². The van der Waals surface area contributed by atoms with E-state index in [2.05, 4.69) is 15.0 Å². The Hall–Kier alpha value is -3.02. The zero-order valence-corrected chi connectivity index (χ0v) is 12.2. The third-order valence-corrected chi connectivity index (χ3v) is 3.22. The summed E-state index contributed by atoms with van der Waals surface area (Å²) in [6.07, 6.45) is 4.59. The Morgan fingerprint density at radius 1 is 1.23 bits per heavy atom. The summed E-state index contributed by atoms with van der Waals surface area (Å²) in [5.74, 6) is 0.116. The highest BCUT2D eigenvalue weighted by Crippen LogP contribution is 2.13. The number of pyridine rings is 2. The van der Waals surface area contributed by atoms with E-state index in [9.17, 15) is 9.90 Å². The lowest BCUT2D eigenvalue weighted by molar-refractivity contribution is 0.452. The van der Waals surface area contributed by atoms with Gasteiger partial charge in [0.05, 0.1) is 0 Å². The van der Waals surface area contributed by atoms with Crippen molar-refractivity contribution in [2.75, 3.05) is 0 Å². The van der Waals surface area contributed by atoms with E-state index in [0.717, 1.165) is 11.1 Å². The summed E-state index contributed by atoms with van der Waals surface area (Å²) in [4.78, 5) is 24.6. The predicted molar refractivity (Wildman–Crippen MR) is 84.1 cm³/mol. The van der Waals surface area contributed by atoms with Crippen LogP contribution in [0.25, 0.3) is 5.65 Å². The number of aromatic nitrogens is 3. The van der Waals surface area contributed by atoms with E-state index in [1.807, 2.05) is 19.9 Å². The van der Waals surface area contributed by atoms with Gasteiger partial charge in [-0.15, -0.1) is 0 Å². The fraction of sp³-hybridized carbons (Fsp3) is 0.125. The van der Waals surface area contributed by atoms with Gasteiger partial charge < -0.3 is 5.11 Å². The molecule has 0 spiro atoms. The monoisotopic (exact) mass is 294 g/mol. The van der Waals surface area contributed by atoms with Crippen molar-refractivity contribution in [2.24, 2.45) is 4.99 Å². The van der Waals surface area contributed by atoms with Crippen molar-refractivity contribution in [3.63, 3.8) is 0 Å². The third kappa shape index (κ3) is 2.58. The van der Waals surface area contributed by atoms with E-state index < -0.39 is 0 Å². The van der Waals surface area contributed by atoms with Gasteiger partial charge in [0.15, 0.2) is 5.82 Å². The Bertz CT molecular complexity index is 927. The summed E-state index contributed by atoms with van der Waals surface area (Å²) >= 11 is 0. The highest BCUT2D eigenvalue weighted by Gasteiger charge is 2.10. The molecule has 0 unspecified atom stereocenters. The van der Waals surface area contributed by atoms with Crippen molar-refractivity contribution in [3.05, 3.63) is 63.7 Å². The van der Waals surface area contributed by atoms with Crippen LogP contribution in [-0.4, -0.2) is 25.7 Å². The molecular formula is C16H14N4O2. The van der Waals surface area contributed by atoms with Crippen LogP contribution >= 0.6 is 0 Å². The van der Waals surface area contributed by atoms with Crippen molar-refractivity contribution in [1.29, 1.82) is 0 Å². The Morgan fingerprint density at radius 3 is 2.77 bits per heavy atom. The molecule has 110 valence electrons. The Balaban J connectivity index is 2.09. The van der Waals surface area contributed by atoms with Gasteiger partial charge in [-0.1, -0.05) is 6.07 Å². The number of fused-ring (bicyclic) bond motifs is 1. The molecule has 0 atom stereocenters. The molecule has 0 aliphatic rings. The van der Waals surface area contributed by atoms with Crippen LogP contribution in [0.15, 0.2) is 46.4 Å². The molecule has 6 nitrogen and oxygen atoms in total. The van der Waals surface area contributed by atoms with Gasteiger partial charge in [-0.3, -0.25) is 9.20 Å². The quantitative estimate of drug-likeness (QED) is 0.734. The molecule has 0 saturated carbocycles. The summed E-state index contributed by atoms with van der Waals surface area (Å²) in [7, 11) is 0. The van der Waals surface area contributed by atoms with Gasteiger partial charge >= 0.3 is 0 Å². The minimum Gasteiger partial charge on any atom is -0.493 e. The minimum atomic E-state index is -0.377. The van der Waals surface area contributed by atoms with Gasteiger partial charge in [-0.05, 0) is 43.2 Å². The van der Waals surface area contributed by atoms with Gasteiger partial charge in [0, 0.05) is 18.6 Å². The molecule has 22 heavy (non-hydrogen) atoms. The predicted octanol–water partition coefficient (Wildman–Crippen LogP) is 2.16. The van der Waals surface area contributed by atoms with E-state index in [-0.39, 0.29) is 17.0 Å². The molecule has 3 rings (SSSR count). The maximum atomic E-state index is 12.4. The summed E-state index contributed by atoms with van der Waals surface area (Å²) in [5.41, 5.74) is 2.02. The number of hydrogen-bond acceptors (Lipinski definition) is 5. The number of hydrogen-bond donors (Lipinski definition) is 1. The minimum absolute atomic E-state index is 0.0312. The average Bonchev–Trinajstić information content (AvgIpc) is 2.48. The average molecular weight is 294 g/mol. The normalized spacial score (nSPS) is 11.4. The molecule has 0 aliphatic carbocycles. The zero-order valence-electron chi connectivity index (χ0n) is 12.2. The molecular weight excluding hydrogens is 280 g/mol. The largest absolute Gasteiger partial charge is 0.493 e. The molecule has 0 aliphatic heterocycles. The van der Waals surface area contributed by atoms with Crippen molar-refractivity contribution in [2.45, 2.75) is 13.8 Å². The van der Waals surface area contributed by atoms with Gasteiger partial charge in [-0.2, -0.15) is 4.98 Å². The number of aromatic hydroxyl groups is 1. The van der Waals surface area contributed by atoms with Crippen LogP contribution in [0, 0.1) is 13.8 Å². The van der Waals surface area contributed by atoms with Crippen LogP contribution in [0.4, 0.5) is 5.82 Å². The highest BCUT2D eigenvalue weighted by molar-refractivity contribution is 5.84. The first kappa shape index (κ1) is 13.9. The lowest BCUT2D eigenvalue weighted by atomic mass is 10.2. The second-order valence-corrected chi connectivity index (χ2v) is 5.04. The van der Waals surface area contributed by atoms with Crippen molar-refractivity contribution in [1.82, 2.24) is 14.4 Å². The molecule has 0 fully saturated rings. The smallest absolute Gasteiger partial charge is 0.270 e. The van der Waals surface area contributed by atoms with E-state index in [1.54, 1.807) is 30.6 Å². The summed E-state index contributed by atoms with van der Waals surface area (Å²) in [6, 6.07) is 7.13. The molecule has 0 amide bonds. The Morgan fingerprint density at radius 2 is 2.05 bits per heavy atom. The second kappa shape index (κ2) is 5.40. The summed E-state index contributed by atoms with van der Waals surface area (Å²) in [5, 5.41) is 9.97. The molecule has 3 aromatic rings. The Kier molecular flexibility index (Phi) is 3.42. The highest BCUT2D eigenvalue weighted by atomic mass is 16.3. The van der Waals surface area contributed by atoms with Gasteiger partial charge in [-0.25, -0.2) is 9.98 Å². The molecule has 3 heterocycles. The molecule has 6 heteroatoms. The number of aliphatic imine (C=N–C) groups is 1. The molecule has 1 N–H and O–H groups in total. The number of aryl methyl sites for hydroxylation is 2. The first-order valence-corrected chi connectivity index (χ1v) is 6.73. The molecule has 0 radical (unpaired) electrons. The fourth-order valence-corrected chi connectivity index (χ4v) is 2.02. The van der Waals surface area contributed by atoms with E-state index >= 15 is 0 Å². The third-order valence-electron chi connectivity index (χ3n) is 3.22. The molecule has 0 aromatic carbocycles. The standard InChI is InChI=1S/C16H14N4O2/c1-10-5-6-20-14(7-10)19-15(21)12(16(20)22)9-18-13-4-3-11(2)8-17-13/h3-9,21H,1-2H3. The van der Waals surface area contributed by atoms with Crippen LogP contribution in [0.3, 0.4) is 0 Å². The first-order chi connectivity index (χ1) is 10.5. The van der Waals surface area contributed by atoms with Crippen LogP contribution in [0.2, 0.25) is 0 Å². The van der Waals surface area contributed by atoms with Gasteiger partial charge in [0.1, 0.15) is 11.2 Å². The summed E-state index contributed by atoms with van der Waals surface area (Å²) in [6.45, 7) is 3.82. The van der Waals surface area contributed by atoms with Crippen molar-refractivity contribution >= 4 is 17.7 Å². The Labute approximate surface area is 126 Å². The number of rotatable bonds is 2. The van der Waals surface area contributed by atoms with E-state index in [1.165, 1.54) is 10.6 Å². The van der Waals surface area contributed by atoms with E-state index in [4.69, 9.17) is 0 Å². The zero-order chi connectivity index (χ0) is 15.7. The summed E-state index contributed by atoms with van der Waals surface area (Å²) < 4.78 is 1.37. The molecule has 0 saturated heterocycles. The lowest BCUT2D eigenvalue weighted by Gasteiger charge is -2.04. The molecule has 3 aromatic heterocycles. The number of nitrogens with zero attached hydrogens (tertiary/aromatic N) is 4. The maximum absolute atomic E-state index is 12.4. The van der Waals surface area contributed by atoms with Crippen molar-refractivity contribution < 1.29 is 5.11 Å². The molecule has 0 bridgehead atoms. The van der Waals surface area contributed by atoms with Crippen LogP contribution in [-0.2, 0) is 0 Å². The van der Waals surface area contributed by atoms with Gasteiger partial charge in [0.25, 0.3) is 5.56 Å². The lowest BCUT2D eigenvalue weighted by Crippen LogP contribution is -2.19. The first-order valence-electron chi connectivity index (χ1n) is 6.73. The van der Waals surface area contributed by atoms with Crippen LogP contribution < -0.4 is 5.56 Å². The maximum Gasteiger partial charge on any atom is 0.270 e.